The van der Waals surface area contributed by atoms with E-state index in [0.717, 1.165) is 56.5 Å². The number of anilines is 4. The van der Waals surface area contributed by atoms with Crippen molar-refractivity contribution in [3.8, 4) is 22.4 Å². The molecule has 14 nitrogen and oxygen atoms in total. The van der Waals surface area contributed by atoms with Crippen molar-refractivity contribution in [1.29, 1.82) is 0 Å². The van der Waals surface area contributed by atoms with Crippen LogP contribution in [0.4, 0.5) is 35.9 Å². The molecule has 0 spiro atoms. The largest absolute Gasteiger partial charge is 0.501 e. The summed E-state index contributed by atoms with van der Waals surface area (Å²) < 4.78 is 101. The van der Waals surface area contributed by atoms with E-state index in [-0.39, 0.29) is 23.3 Å². The zero-order valence-electron chi connectivity index (χ0n) is 42.4. The summed E-state index contributed by atoms with van der Waals surface area (Å²) in [5.41, 5.74) is -1.13. The molecule has 404 valence electrons. The number of nitrogens with one attached hydrogen (secondary N) is 3. The van der Waals surface area contributed by atoms with Gasteiger partial charge in [-0.2, -0.15) is 13.2 Å². The first kappa shape index (κ1) is 55.0. The Morgan fingerprint density at radius 3 is 2.07 bits per heavy atom. The first-order valence-electron chi connectivity index (χ1n) is 24.9. The molecule has 1 aromatic heterocycles. The predicted octanol–water partition coefficient (Wildman–Crippen LogP) is 9.41. The third-order valence-electron chi connectivity index (χ3n) is 14.3. The Hall–Kier alpha value is -5.74. The monoisotopic (exact) mass is 1120 g/mol. The highest BCUT2D eigenvalue weighted by atomic mass is 35.5. The molecule has 0 unspecified atom stereocenters. The van der Waals surface area contributed by atoms with Gasteiger partial charge in [0.05, 0.1) is 33.0 Å². The second kappa shape index (κ2) is 21.6. The van der Waals surface area contributed by atoms with Crippen LogP contribution in [-0.4, -0.2) is 123 Å². The first-order chi connectivity index (χ1) is 35.9. The van der Waals surface area contributed by atoms with Gasteiger partial charge >= 0.3 is 5.51 Å². The summed E-state index contributed by atoms with van der Waals surface area (Å²) in [6.07, 6.45) is 1.34. The Morgan fingerprint density at radius 2 is 1.45 bits per heavy atom. The van der Waals surface area contributed by atoms with Crippen LogP contribution in [0.5, 0.6) is 0 Å². The number of aliphatic hydroxyl groups is 2. The Labute approximate surface area is 451 Å². The summed E-state index contributed by atoms with van der Waals surface area (Å²) in [4.78, 5) is 19.5. The second-order valence-corrected chi connectivity index (χ2v) is 25.7. The number of thioether (sulfide) groups is 1. The molecule has 3 heterocycles. The summed E-state index contributed by atoms with van der Waals surface area (Å²) in [5.74, 6) is 0.138. The number of likely N-dealkylation sites (tertiary alicyclic amines) is 1. The number of β-amino-alcohol motifs (C(OH)–C–C–N with tert-alkyl or cyclic N) is 1. The summed E-state index contributed by atoms with van der Waals surface area (Å²) in [6.45, 7) is 9.19. The lowest BCUT2D eigenvalue weighted by Gasteiger charge is -2.44. The average molecular weight is 1120 g/mol. The number of sulfonamides is 1. The number of carbonyl (C=O) groups is 1. The molecule has 2 saturated heterocycles. The van der Waals surface area contributed by atoms with Crippen molar-refractivity contribution in [2.75, 3.05) is 71.4 Å². The summed E-state index contributed by atoms with van der Waals surface area (Å²) >= 11 is 7.73. The van der Waals surface area contributed by atoms with Crippen LogP contribution in [0.1, 0.15) is 49.2 Å². The van der Waals surface area contributed by atoms with Crippen LogP contribution < -0.4 is 25.2 Å². The first-order valence-corrected chi connectivity index (χ1v) is 29.3. The van der Waals surface area contributed by atoms with Crippen molar-refractivity contribution >= 4 is 71.9 Å². The van der Waals surface area contributed by atoms with E-state index < -0.39 is 52.4 Å². The third-order valence-corrected chi connectivity index (χ3v) is 18.7. The van der Waals surface area contributed by atoms with Crippen LogP contribution in [0.3, 0.4) is 0 Å². The Bertz CT molecular complexity index is 3300. The summed E-state index contributed by atoms with van der Waals surface area (Å²) in [5, 5.41) is 27.4. The van der Waals surface area contributed by atoms with Crippen LogP contribution in [-0.2, 0) is 26.9 Å². The molecule has 3 fully saturated rings. The van der Waals surface area contributed by atoms with Gasteiger partial charge in [0, 0.05) is 109 Å². The normalized spacial score (nSPS) is 19.4. The van der Waals surface area contributed by atoms with E-state index in [2.05, 4.69) is 31.2 Å². The van der Waals surface area contributed by atoms with Crippen LogP contribution in [0.25, 0.3) is 22.4 Å². The van der Waals surface area contributed by atoms with E-state index in [1.165, 1.54) is 11.8 Å². The molecule has 5 N–H and O–H groups in total. The van der Waals surface area contributed by atoms with Gasteiger partial charge in [-0.15, -0.1) is 11.8 Å². The number of nitrogens with zero attached hydrogens (tertiary/aromatic N) is 4. The van der Waals surface area contributed by atoms with Crippen molar-refractivity contribution in [3.63, 3.8) is 0 Å². The molecule has 3 aliphatic rings. The maximum Gasteiger partial charge on any atom is 0.501 e. The molecular formula is C55H61ClF3N7O7S3. The van der Waals surface area contributed by atoms with Gasteiger partial charge in [-0.3, -0.25) is 14.4 Å². The highest BCUT2D eigenvalue weighted by Gasteiger charge is 2.49. The van der Waals surface area contributed by atoms with E-state index in [1.54, 1.807) is 38.1 Å². The van der Waals surface area contributed by atoms with Gasteiger partial charge in [-0.05, 0) is 130 Å². The molecule has 1 atom stereocenters. The topological polar surface area (TPSA) is 177 Å². The van der Waals surface area contributed by atoms with Gasteiger partial charge in [0.2, 0.25) is 0 Å². The number of sulfone groups is 1. The number of hydrogen-bond acceptors (Lipinski definition) is 12. The van der Waals surface area contributed by atoms with Gasteiger partial charge in [0.15, 0.2) is 0 Å². The highest BCUT2D eigenvalue weighted by molar-refractivity contribution is 7.99. The van der Waals surface area contributed by atoms with Crippen molar-refractivity contribution < 1.29 is 45.0 Å². The van der Waals surface area contributed by atoms with Crippen molar-refractivity contribution in [2.24, 2.45) is 7.05 Å². The lowest BCUT2D eigenvalue weighted by Crippen LogP contribution is -2.60. The number of rotatable bonds is 18. The average Bonchev–Trinajstić information content (AvgIpc) is 3.63. The number of hydrogen-bond donors (Lipinski definition) is 5. The highest BCUT2D eigenvalue weighted by Crippen LogP contribution is 2.42. The SMILES string of the molecule is Cc1c(C(=O)NC2CC(C)(O)C2)c(-c2cccc(N3CCN(c4ccc(NS(=O)(=O)c5ccc(N[C@H](CCN6CC(C)(O)C6)CSc6ccccc6)c(S(=O)(=O)C(F)(F)F)c5)cc4)CC3)c2)c(-c2ccc(Cl)cc2)n1C. The fourth-order valence-electron chi connectivity index (χ4n) is 10.4. The molecular weight excluding hydrogens is 1060 g/mol. The van der Waals surface area contributed by atoms with Crippen molar-refractivity contribution in [1.82, 2.24) is 14.8 Å². The van der Waals surface area contributed by atoms with Gasteiger partial charge < -0.3 is 35.2 Å². The number of carbonyl (C=O) groups excluding carboxylic acids is 1. The van der Waals surface area contributed by atoms with Gasteiger partial charge in [0.25, 0.3) is 25.8 Å². The smallest absolute Gasteiger partial charge is 0.390 e. The fourth-order valence-corrected chi connectivity index (χ4v) is 13.6. The van der Waals surface area contributed by atoms with Gasteiger partial charge in [0.1, 0.15) is 4.90 Å². The van der Waals surface area contributed by atoms with Crippen LogP contribution >= 0.6 is 23.4 Å². The minimum absolute atomic E-state index is 0.117. The number of benzene rings is 5. The standard InChI is InChI=1S/C55H61ClF3N7O7S3/c1-36-49(52(67)61-42-31-53(2,68)32-42)50(51(63(36)4)37-13-15-39(56)16-14-37)38-9-8-10-44(29-38)66-27-25-65(26-28-66)43-19-17-40(18-20-43)62-76(72,73)46-21-22-47(48(30-46)75(70,71)55(57,58)59)60-41(23-24-64-34-54(3,69)35-64)33-74-45-11-6-5-7-12-45/h5-22,29-30,41-42,60,62,68-69H,23-28,31-35H2,1-4H3,(H,61,67)/t41-,42?,53?/m1/s1. The Kier molecular flexibility index (Phi) is 15.6. The van der Waals surface area contributed by atoms with Gasteiger partial charge in [-0.25, -0.2) is 16.8 Å². The molecule has 1 amide bonds. The lowest BCUT2D eigenvalue weighted by molar-refractivity contribution is -0.0834. The van der Waals surface area contributed by atoms with E-state index in [4.69, 9.17) is 11.6 Å². The van der Waals surface area contributed by atoms with Gasteiger partial charge in [-0.1, -0.05) is 54.1 Å². The molecule has 1 saturated carbocycles. The number of alkyl halides is 3. The van der Waals surface area contributed by atoms with E-state index in [1.807, 2.05) is 96.2 Å². The second-order valence-electron chi connectivity index (χ2n) is 20.6. The molecule has 1 aliphatic carbocycles. The van der Waals surface area contributed by atoms with E-state index >= 15 is 0 Å². The Morgan fingerprint density at radius 1 is 0.803 bits per heavy atom. The molecule has 2 aliphatic heterocycles. The number of halogens is 4. The number of piperazine rings is 1. The minimum atomic E-state index is -6.04. The summed E-state index contributed by atoms with van der Waals surface area (Å²) in [7, 11) is -8.70. The minimum Gasteiger partial charge on any atom is -0.390 e. The Balaban J connectivity index is 0.890. The molecule has 0 bridgehead atoms. The number of amides is 1. The third kappa shape index (κ3) is 12.2. The van der Waals surface area contributed by atoms with Crippen molar-refractivity contribution in [3.05, 3.63) is 138 Å². The fraction of sp³-hybridized carbons (Fsp3) is 0.364. The van der Waals surface area contributed by atoms with Crippen molar-refractivity contribution in [2.45, 2.75) is 83.5 Å². The van der Waals surface area contributed by atoms with Crippen LogP contribution in [0.2, 0.25) is 5.02 Å². The van der Waals surface area contributed by atoms with E-state index in [0.29, 0.717) is 87.5 Å². The van der Waals surface area contributed by atoms with Crippen LogP contribution in [0.15, 0.2) is 136 Å². The molecule has 6 aromatic rings. The maximum atomic E-state index is 14.3. The number of aromatic nitrogens is 1. The zero-order chi connectivity index (χ0) is 54.4. The van der Waals surface area contributed by atoms with E-state index in [9.17, 15) is 45.0 Å². The maximum absolute atomic E-state index is 14.3. The summed E-state index contributed by atoms with van der Waals surface area (Å²) in [6, 6.07) is 33.5. The lowest BCUT2D eigenvalue weighted by atomic mass is 9.77. The molecule has 9 rings (SSSR count). The molecule has 0 radical (unpaired) electrons. The van der Waals surface area contributed by atoms with Crippen LogP contribution in [0, 0.1) is 6.92 Å². The zero-order valence-corrected chi connectivity index (χ0v) is 45.6. The quantitative estimate of drug-likeness (QED) is 0.0517. The molecule has 76 heavy (non-hydrogen) atoms. The predicted molar refractivity (Wildman–Crippen MR) is 295 cm³/mol. The molecule has 5 aromatic carbocycles. The molecule has 21 heteroatoms.